The number of carbonyl (C=O) groups excluding carboxylic acids is 2. The van der Waals surface area contributed by atoms with E-state index in [4.69, 9.17) is 0 Å². The largest absolute Gasteiger partial charge is 0.295 e. The fraction of sp³-hybridized carbons (Fsp3) is 0.217. The molecule has 0 saturated carbocycles. The van der Waals surface area contributed by atoms with Crippen molar-refractivity contribution in [1.82, 2.24) is 0 Å². The molecule has 25 heavy (non-hydrogen) atoms. The van der Waals surface area contributed by atoms with Crippen molar-refractivity contribution < 1.29 is 9.59 Å². The van der Waals surface area contributed by atoms with Crippen molar-refractivity contribution in [3.63, 3.8) is 0 Å². The lowest BCUT2D eigenvalue weighted by Crippen LogP contribution is -2.19. The topological polar surface area (TPSA) is 34.1 Å². The normalized spacial score (nSPS) is 19.0. The monoisotopic (exact) mass is 330 g/mol. The Morgan fingerprint density at radius 1 is 1.04 bits per heavy atom. The summed E-state index contributed by atoms with van der Waals surface area (Å²) in [7, 11) is 0. The molecule has 3 rings (SSSR count). The minimum Gasteiger partial charge on any atom is -0.295 e. The van der Waals surface area contributed by atoms with Crippen molar-refractivity contribution in [2.24, 2.45) is 0 Å². The summed E-state index contributed by atoms with van der Waals surface area (Å²) in [6.07, 6.45) is 4.05. The van der Waals surface area contributed by atoms with Gasteiger partial charge in [-0.05, 0) is 56.0 Å². The molecule has 2 aromatic rings. The second-order valence-electron chi connectivity index (χ2n) is 6.77. The predicted molar refractivity (Wildman–Crippen MR) is 101 cm³/mol. The van der Waals surface area contributed by atoms with Gasteiger partial charge in [0, 0.05) is 11.5 Å². The summed E-state index contributed by atoms with van der Waals surface area (Å²) >= 11 is 0. The summed E-state index contributed by atoms with van der Waals surface area (Å²) in [4.78, 5) is 24.6. The van der Waals surface area contributed by atoms with E-state index in [2.05, 4.69) is 12.1 Å². The molecule has 1 unspecified atom stereocenters. The van der Waals surface area contributed by atoms with Crippen LogP contribution in [-0.2, 0) is 9.59 Å². The number of benzene rings is 2. The number of rotatable bonds is 3. The molecule has 2 aromatic carbocycles. The lowest BCUT2D eigenvalue weighted by atomic mass is 9.77. The van der Waals surface area contributed by atoms with Crippen LogP contribution in [0.1, 0.15) is 41.5 Å². The van der Waals surface area contributed by atoms with E-state index in [1.807, 2.05) is 56.3 Å². The van der Waals surface area contributed by atoms with Gasteiger partial charge in [-0.3, -0.25) is 9.59 Å². The minimum absolute atomic E-state index is 0.0272. The van der Waals surface area contributed by atoms with Crippen LogP contribution in [0.2, 0.25) is 0 Å². The van der Waals surface area contributed by atoms with Crippen LogP contribution in [0.4, 0.5) is 0 Å². The molecule has 1 aliphatic rings. The third-order valence-corrected chi connectivity index (χ3v) is 4.65. The van der Waals surface area contributed by atoms with Gasteiger partial charge in [-0.25, -0.2) is 0 Å². The van der Waals surface area contributed by atoms with E-state index < -0.39 is 0 Å². The maximum atomic E-state index is 12.8. The summed E-state index contributed by atoms with van der Waals surface area (Å²) in [5.74, 6) is -0.179. The highest BCUT2D eigenvalue weighted by molar-refractivity contribution is 6.14. The molecule has 126 valence electrons. The van der Waals surface area contributed by atoms with E-state index >= 15 is 0 Å². The first-order chi connectivity index (χ1) is 11.9. The molecule has 2 nitrogen and oxygen atoms in total. The van der Waals surface area contributed by atoms with Gasteiger partial charge in [0.1, 0.15) is 0 Å². The second kappa shape index (κ2) is 7.02. The van der Waals surface area contributed by atoms with E-state index in [0.29, 0.717) is 12.0 Å². The number of Topliss-reactive ketones (excluding diaryl/α,β-unsaturated/α-hetero) is 1. The molecular weight excluding hydrogens is 308 g/mol. The van der Waals surface area contributed by atoms with Crippen molar-refractivity contribution in [3.8, 4) is 0 Å². The van der Waals surface area contributed by atoms with Crippen molar-refractivity contribution in [2.45, 2.75) is 33.1 Å². The van der Waals surface area contributed by atoms with Crippen LogP contribution in [0.15, 0.2) is 65.8 Å². The highest BCUT2D eigenvalue weighted by atomic mass is 16.1. The molecule has 1 atom stereocenters. The molecule has 0 radical (unpaired) electrons. The zero-order valence-corrected chi connectivity index (χ0v) is 14.9. The molecule has 0 aromatic heterocycles. The number of ketones is 2. The van der Waals surface area contributed by atoms with Gasteiger partial charge in [0.15, 0.2) is 11.6 Å². The molecule has 0 spiro atoms. The lowest BCUT2D eigenvalue weighted by molar-refractivity contribution is -0.115. The number of hydrogen-bond donors (Lipinski definition) is 0. The lowest BCUT2D eigenvalue weighted by Gasteiger charge is -2.25. The van der Waals surface area contributed by atoms with Gasteiger partial charge in [0.05, 0.1) is 0 Å². The Morgan fingerprint density at radius 2 is 1.72 bits per heavy atom. The van der Waals surface area contributed by atoms with E-state index in [1.54, 1.807) is 0 Å². The molecule has 1 aliphatic carbocycles. The summed E-state index contributed by atoms with van der Waals surface area (Å²) in [5.41, 5.74) is 5.77. The van der Waals surface area contributed by atoms with Crippen LogP contribution in [0.25, 0.3) is 6.08 Å². The summed E-state index contributed by atoms with van der Waals surface area (Å²) in [6, 6.07) is 16.3. The van der Waals surface area contributed by atoms with Crippen LogP contribution < -0.4 is 0 Å². The highest BCUT2D eigenvalue weighted by Crippen LogP contribution is 2.37. The summed E-state index contributed by atoms with van der Waals surface area (Å²) in [5, 5.41) is 0. The Balaban J connectivity index is 2.11. The molecule has 0 amide bonds. The molecule has 0 N–H and O–H groups in total. The third kappa shape index (κ3) is 3.85. The Morgan fingerprint density at radius 3 is 2.36 bits per heavy atom. The third-order valence-electron chi connectivity index (χ3n) is 4.65. The van der Waals surface area contributed by atoms with Crippen LogP contribution in [0.5, 0.6) is 0 Å². The zero-order valence-electron chi connectivity index (χ0n) is 14.9. The Kier molecular flexibility index (Phi) is 4.80. The van der Waals surface area contributed by atoms with E-state index in [-0.39, 0.29) is 17.5 Å². The standard InChI is InChI=1S/C23H22O2/c1-15-6-4-8-18(10-15)12-22-21(19-9-5-7-16(2)11-19)13-20(17(3)24)14-23(22)25/h4-12,14,21H,13H2,1-3H3/b22-12-. The van der Waals surface area contributed by atoms with Crippen molar-refractivity contribution >= 4 is 17.6 Å². The number of allylic oxidation sites excluding steroid dienone is 3. The predicted octanol–water partition coefficient (Wildman–Crippen LogP) is 4.96. The molecular formula is C23H22O2. The molecule has 0 saturated heterocycles. The Hall–Kier alpha value is -2.74. The molecule has 0 aliphatic heterocycles. The van der Waals surface area contributed by atoms with Gasteiger partial charge in [0.25, 0.3) is 0 Å². The molecule has 0 fully saturated rings. The smallest absolute Gasteiger partial charge is 0.182 e. The SMILES string of the molecule is CC(=O)C1=CC(=O)/C(=C\c2cccc(C)c2)C(c2cccc(C)c2)C1. The van der Waals surface area contributed by atoms with Gasteiger partial charge in [-0.15, -0.1) is 0 Å². The number of hydrogen-bond acceptors (Lipinski definition) is 2. The number of aryl methyl sites for hydroxylation is 2. The van der Waals surface area contributed by atoms with Gasteiger partial charge >= 0.3 is 0 Å². The molecule has 0 bridgehead atoms. The first-order valence-corrected chi connectivity index (χ1v) is 8.54. The number of carbonyl (C=O) groups is 2. The maximum absolute atomic E-state index is 12.8. The quantitative estimate of drug-likeness (QED) is 0.746. The fourth-order valence-corrected chi connectivity index (χ4v) is 3.34. The van der Waals surface area contributed by atoms with Gasteiger partial charge in [-0.1, -0.05) is 59.7 Å². The summed E-state index contributed by atoms with van der Waals surface area (Å²) in [6.45, 7) is 5.61. The van der Waals surface area contributed by atoms with Gasteiger partial charge in [-0.2, -0.15) is 0 Å². The Bertz CT molecular complexity index is 900. The van der Waals surface area contributed by atoms with Crippen LogP contribution in [0, 0.1) is 13.8 Å². The highest BCUT2D eigenvalue weighted by Gasteiger charge is 2.29. The Labute approximate surface area is 148 Å². The van der Waals surface area contributed by atoms with Crippen LogP contribution in [-0.4, -0.2) is 11.6 Å². The minimum atomic E-state index is -0.0863. The first kappa shape index (κ1) is 17.1. The van der Waals surface area contributed by atoms with Crippen molar-refractivity contribution in [3.05, 3.63) is 88.0 Å². The van der Waals surface area contributed by atoms with Crippen LogP contribution >= 0.6 is 0 Å². The molecule has 0 heterocycles. The molecule has 2 heteroatoms. The summed E-state index contributed by atoms with van der Waals surface area (Å²) < 4.78 is 0. The average molecular weight is 330 g/mol. The van der Waals surface area contributed by atoms with Crippen molar-refractivity contribution in [2.75, 3.05) is 0 Å². The second-order valence-corrected chi connectivity index (χ2v) is 6.77. The maximum Gasteiger partial charge on any atom is 0.182 e. The van der Waals surface area contributed by atoms with Crippen LogP contribution in [0.3, 0.4) is 0 Å². The van der Waals surface area contributed by atoms with Gasteiger partial charge in [0.2, 0.25) is 0 Å². The van der Waals surface area contributed by atoms with E-state index in [0.717, 1.165) is 27.8 Å². The van der Waals surface area contributed by atoms with Gasteiger partial charge < -0.3 is 0 Å². The fourth-order valence-electron chi connectivity index (χ4n) is 3.34. The van der Waals surface area contributed by atoms with E-state index in [1.165, 1.54) is 13.0 Å². The first-order valence-electron chi connectivity index (χ1n) is 8.54. The average Bonchev–Trinajstić information content (AvgIpc) is 2.56. The van der Waals surface area contributed by atoms with E-state index in [9.17, 15) is 9.59 Å². The zero-order chi connectivity index (χ0) is 18.0. The van der Waals surface area contributed by atoms with Crippen molar-refractivity contribution in [1.29, 1.82) is 0 Å².